The van der Waals surface area contributed by atoms with E-state index in [4.69, 9.17) is 9.79 Å². The number of carbonyl (C=O) groups excluding carboxylic acids is 4. The number of primary sulfonamides is 1. The van der Waals surface area contributed by atoms with Gasteiger partial charge < -0.3 is 30.3 Å². The number of hydrogen-bond acceptors (Lipinski definition) is 9. The number of rotatable bonds is 7. The summed E-state index contributed by atoms with van der Waals surface area (Å²) < 4.78 is 43.9. The zero-order valence-corrected chi connectivity index (χ0v) is 22.8. The highest BCUT2D eigenvalue weighted by Crippen LogP contribution is 2.30. The molecule has 2 atom stereocenters. The van der Waals surface area contributed by atoms with Crippen molar-refractivity contribution in [2.75, 3.05) is 19.6 Å². The molecule has 0 aromatic heterocycles. The van der Waals surface area contributed by atoms with Gasteiger partial charge in [-0.05, 0) is 37.1 Å². The Kier molecular flexibility index (Phi) is 8.51. The number of piperazine rings is 1. The van der Waals surface area contributed by atoms with Gasteiger partial charge in [-0.15, -0.1) is 0 Å². The van der Waals surface area contributed by atoms with Gasteiger partial charge in [0.2, 0.25) is 15.9 Å². The van der Waals surface area contributed by atoms with Gasteiger partial charge in [0.15, 0.2) is 0 Å². The third-order valence-electron chi connectivity index (χ3n) is 6.75. The first kappa shape index (κ1) is 30.4. The highest BCUT2D eigenvalue weighted by Gasteiger charge is 2.41. The Balaban J connectivity index is 1.63. The lowest BCUT2D eigenvalue weighted by Gasteiger charge is -2.33. The van der Waals surface area contributed by atoms with Gasteiger partial charge in [-0.25, -0.2) is 27.5 Å². The second-order valence-electron chi connectivity index (χ2n) is 9.38. The van der Waals surface area contributed by atoms with Gasteiger partial charge in [0.05, 0.1) is 16.4 Å². The van der Waals surface area contributed by atoms with Gasteiger partial charge in [-0.3, -0.25) is 19.3 Å². The van der Waals surface area contributed by atoms with Crippen LogP contribution in [0.1, 0.15) is 34.5 Å². The Bertz CT molecular complexity index is 1590. The molecule has 1 saturated heterocycles. The summed E-state index contributed by atoms with van der Waals surface area (Å²) in [6.45, 7) is 1.66. The first-order chi connectivity index (χ1) is 19.7. The molecule has 2 heterocycles. The lowest BCUT2D eigenvalue weighted by Crippen LogP contribution is -2.60. The quantitative estimate of drug-likeness (QED) is 0.186. The molecular weight excluding hydrogens is 580 g/mol. The second-order valence-corrected chi connectivity index (χ2v) is 10.9. The first-order valence-electron chi connectivity index (χ1n) is 12.5. The predicted molar refractivity (Wildman–Crippen MR) is 141 cm³/mol. The van der Waals surface area contributed by atoms with Crippen molar-refractivity contribution in [3.8, 4) is 5.75 Å². The van der Waals surface area contributed by atoms with E-state index in [1.54, 1.807) is 6.92 Å². The number of nitrogens with zero attached hydrogens (tertiary/aromatic N) is 2. The number of likely N-dealkylation sites (N-methyl/N-ethyl adjacent to an activating group) is 1. The highest BCUT2D eigenvalue weighted by atomic mass is 32.2. The van der Waals surface area contributed by atoms with Crippen molar-refractivity contribution >= 4 is 46.9 Å². The molecule has 4 rings (SSSR count). The fourth-order valence-corrected chi connectivity index (χ4v) is 5.08. The minimum Gasteiger partial charge on any atom is -0.534 e. The van der Waals surface area contributed by atoms with E-state index in [9.17, 15) is 42.5 Å². The van der Waals surface area contributed by atoms with E-state index in [0.717, 1.165) is 12.1 Å². The molecule has 222 valence electrons. The van der Waals surface area contributed by atoms with Gasteiger partial charge >= 0.3 is 30.9 Å². The van der Waals surface area contributed by atoms with E-state index in [0.29, 0.717) is 16.5 Å². The van der Waals surface area contributed by atoms with Crippen LogP contribution >= 0.6 is 0 Å². The molecule has 42 heavy (non-hydrogen) atoms. The molecule has 18 heteroatoms. The van der Waals surface area contributed by atoms with E-state index in [2.05, 4.69) is 10.6 Å². The normalized spacial score (nSPS) is 17.7. The number of amides is 5. The van der Waals surface area contributed by atoms with Crippen molar-refractivity contribution in [3.63, 3.8) is 0 Å². The molecule has 0 spiro atoms. The number of carboxylic acid groups (broad SMARTS) is 1. The average molecular weight is 605 g/mol. The van der Waals surface area contributed by atoms with E-state index >= 15 is 4.39 Å². The molecule has 5 amide bonds. The molecule has 1 fully saturated rings. The molecule has 0 saturated carbocycles. The van der Waals surface area contributed by atoms with Crippen molar-refractivity contribution in [1.29, 1.82) is 0 Å². The number of imide groups is 1. The van der Waals surface area contributed by atoms with Crippen molar-refractivity contribution < 1.29 is 51.6 Å². The molecule has 0 bridgehead atoms. The lowest BCUT2D eigenvalue weighted by molar-refractivity contribution is -0.153. The van der Waals surface area contributed by atoms with Crippen LogP contribution in [0.5, 0.6) is 5.75 Å². The fraction of sp³-hybridized carbons (Fsp3) is 0.292. The maximum atomic E-state index is 15.2. The summed E-state index contributed by atoms with van der Waals surface area (Å²) in [4.78, 5) is 64.0. The van der Waals surface area contributed by atoms with Crippen LogP contribution in [0.15, 0.2) is 41.3 Å². The monoisotopic (exact) mass is 605 g/mol. The summed E-state index contributed by atoms with van der Waals surface area (Å²) >= 11 is 0. The first-order valence-corrected chi connectivity index (χ1v) is 14.0. The van der Waals surface area contributed by atoms with Crippen LogP contribution in [0.4, 0.5) is 9.18 Å². The molecule has 2 aromatic rings. The molecule has 2 aliphatic rings. The van der Waals surface area contributed by atoms with E-state index < -0.39 is 75.1 Å². The Morgan fingerprint density at radius 2 is 1.90 bits per heavy atom. The number of nitrogens with one attached hydrogen (secondary N) is 2. The van der Waals surface area contributed by atoms with Crippen molar-refractivity contribution in [2.45, 2.75) is 30.2 Å². The Morgan fingerprint density at radius 1 is 1.19 bits per heavy atom. The van der Waals surface area contributed by atoms with Crippen LogP contribution in [-0.4, -0.2) is 90.8 Å². The largest absolute Gasteiger partial charge is 0.547 e. The second kappa shape index (κ2) is 11.7. The molecular formula is C24H25BFN5O10S. The molecule has 2 aliphatic heterocycles. The molecule has 2 aromatic carbocycles. The summed E-state index contributed by atoms with van der Waals surface area (Å²) in [6.07, 6.45) is -0.122. The average Bonchev–Trinajstić information content (AvgIpc) is 2.92. The summed E-state index contributed by atoms with van der Waals surface area (Å²) in [5, 5.41) is 29.6. The summed E-state index contributed by atoms with van der Waals surface area (Å²) in [5.74, 6) is -7.12. The lowest BCUT2D eigenvalue weighted by atomic mass is 9.72. The van der Waals surface area contributed by atoms with Crippen molar-refractivity contribution in [1.82, 2.24) is 20.4 Å². The summed E-state index contributed by atoms with van der Waals surface area (Å²) in [7, 11) is -6.09. The van der Waals surface area contributed by atoms with Gasteiger partial charge in [-0.1, -0.05) is 18.2 Å². The van der Waals surface area contributed by atoms with Crippen LogP contribution in [-0.2, 0) is 30.8 Å². The van der Waals surface area contributed by atoms with Gasteiger partial charge in [0, 0.05) is 25.2 Å². The zero-order chi connectivity index (χ0) is 30.9. The van der Waals surface area contributed by atoms with Gasteiger partial charge in [-0.2, -0.15) is 0 Å². The van der Waals surface area contributed by atoms with Gasteiger partial charge in [0.1, 0.15) is 17.6 Å². The van der Waals surface area contributed by atoms with Gasteiger partial charge in [0.25, 0.3) is 0 Å². The predicted octanol–water partition coefficient (Wildman–Crippen LogP) is -1.25. The Morgan fingerprint density at radius 3 is 2.52 bits per heavy atom. The van der Waals surface area contributed by atoms with E-state index in [1.165, 1.54) is 23.1 Å². The van der Waals surface area contributed by atoms with Crippen LogP contribution < -0.4 is 20.4 Å². The number of carbonyl (C=O) groups is 5. The minimum atomic E-state index is -4.33. The number of nitrogens with two attached hydrogens (primary N) is 1. The van der Waals surface area contributed by atoms with Crippen molar-refractivity contribution in [3.05, 3.63) is 58.9 Å². The number of urea groups is 1. The SMILES string of the molecule is CCN1CCN(C(=O)NC(C(=O)N[C@H]2Cc3cccc(C(=O)O)c3OB2O)c2ccc(S(N)(=O)=O)cc2F)C(=O)C1=O. The highest BCUT2D eigenvalue weighted by molar-refractivity contribution is 7.89. The number of aromatic carboxylic acids is 1. The fourth-order valence-electron chi connectivity index (χ4n) is 4.56. The number of benzene rings is 2. The third-order valence-corrected chi connectivity index (χ3v) is 7.67. The van der Waals surface area contributed by atoms with Crippen LogP contribution in [0.2, 0.25) is 0 Å². The van der Waals surface area contributed by atoms with Crippen molar-refractivity contribution in [2.24, 2.45) is 5.14 Å². The molecule has 6 N–H and O–H groups in total. The number of sulfonamides is 1. The minimum absolute atomic E-state index is 0.0200. The maximum Gasteiger partial charge on any atom is 0.547 e. The number of carboxylic acids is 1. The molecule has 0 aliphatic carbocycles. The van der Waals surface area contributed by atoms with Crippen LogP contribution in [0.25, 0.3) is 0 Å². The van der Waals surface area contributed by atoms with Crippen LogP contribution in [0, 0.1) is 5.82 Å². The maximum absolute atomic E-state index is 15.2. The smallest absolute Gasteiger partial charge is 0.534 e. The number of para-hydroxylation sites is 1. The Hall–Kier alpha value is -4.55. The molecule has 0 radical (unpaired) electrons. The molecule has 1 unspecified atom stereocenters. The van der Waals surface area contributed by atoms with Crippen LogP contribution in [0.3, 0.4) is 0 Å². The topological polar surface area (TPSA) is 226 Å². The third kappa shape index (κ3) is 6.04. The summed E-state index contributed by atoms with van der Waals surface area (Å²) in [6, 6.07) is 3.42. The standard InChI is InChI=1S/C24H25BFN5O10S/c1-2-30-8-9-31(22(34)21(30)33)24(37)29-18(14-7-6-13(11-16(14)26)42(27,39)40)20(32)28-17-10-12-4-3-5-15(23(35)36)19(12)41-25(17)38/h3-7,11,17-18,38H,2,8-10H2,1H3,(H,28,32)(H,29,37)(H,35,36)(H2,27,39,40)/t17-,18?/m0/s1. The van der Waals surface area contributed by atoms with E-state index in [-0.39, 0.29) is 37.4 Å². The molecule has 15 nitrogen and oxygen atoms in total. The summed E-state index contributed by atoms with van der Waals surface area (Å²) in [5.41, 5.74) is -0.424. The number of fused-ring (bicyclic) bond motifs is 1. The Labute approximate surface area is 238 Å². The van der Waals surface area contributed by atoms with E-state index in [1.807, 2.05) is 0 Å². The number of hydrogen-bond donors (Lipinski definition) is 5. The zero-order valence-electron chi connectivity index (χ0n) is 21.9. The number of halogens is 1.